The van der Waals surface area contributed by atoms with Gasteiger partial charge in [-0.15, -0.1) is 22.9 Å². The van der Waals surface area contributed by atoms with Crippen molar-refractivity contribution >= 4 is 67.8 Å². The van der Waals surface area contributed by atoms with Gasteiger partial charge in [0.15, 0.2) is 10.8 Å². The van der Waals surface area contributed by atoms with Crippen molar-refractivity contribution in [1.29, 1.82) is 0 Å². The zero-order valence-electron chi connectivity index (χ0n) is 17.9. The largest absolute Gasteiger partial charge is 1.00 e. The molecule has 2 unspecified atom stereocenters. The molecule has 18 heteroatoms. The van der Waals surface area contributed by atoms with Gasteiger partial charge in [0.2, 0.25) is 5.91 Å². The SMILES string of the molecule is CON=C(C(=O)NC1C(=O)N(S(=O)(=O)O)C1CC(=O)OC)c1csc(NC(=O)CCl)n1.[H-].[Na+]. The van der Waals surface area contributed by atoms with E-state index in [0.29, 0.717) is 0 Å². The van der Waals surface area contributed by atoms with Gasteiger partial charge >= 0.3 is 45.8 Å². The molecule has 32 heavy (non-hydrogen) atoms. The summed E-state index contributed by atoms with van der Waals surface area (Å²) in [5, 5.41) is 9.61. The second kappa shape index (κ2) is 11.9. The average molecular weight is 522 g/mol. The average Bonchev–Trinajstić information content (AvgIpc) is 3.16. The number of oxime groups is 1. The molecule has 0 spiro atoms. The number of nitrogens with zero attached hydrogens (tertiary/aromatic N) is 3. The summed E-state index contributed by atoms with van der Waals surface area (Å²) >= 11 is 6.35. The topological polar surface area (TPSA) is 194 Å². The van der Waals surface area contributed by atoms with Crippen LogP contribution in [0.2, 0.25) is 0 Å². The van der Waals surface area contributed by atoms with Crippen molar-refractivity contribution in [3.8, 4) is 0 Å². The number of esters is 1. The summed E-state index contributed by atoms with van der Waals surface area (Å²) in [4.78, 5) is 56.3. The van der Waals surface area contributed by atoms with E-state index in [0.717, 1.165) is 25.6 Å². The van der Waals surface area contributed by atoms with Crippen molar-refractivity contribution in [3.05, 3.63) is 11.1 Å². The number of β-lactam (4-membered cyclic amide) rings is 1. The van der Waals surface area contributed by atoms with E-state index < -0.39 is 58.2 Å². The first-order valence-corrected chi connectivity index (χ1v) is 11.0. The van der Waals surface area contributed by atoms with E-state index in [4.69, 9.17) is 11.6 Å². The summed E-state index contributed by atoms with van der Waals surface area (Å²) in [5.74, 6) is -3.89. The van der Waals surface area contributed by atoms with Crippen LogP contribution in [0, 0.1) is 0 Å². The number of hydrogen-bond donors (Lipinski definition) is 3. The maximum atomic E-state index is 12.7. The Balaban J connectivity index is 0.00000512. The van der Waals surface area contributed by atoms with Gasteiger partial charge in [-0.25, -0.2) is 9.29 Å². The molecule has 2 atom stereocenters. The number of methoxy groups -OCH3 is 1. The smallest absolute Gasteiger partial charge is 1.00 e. The number of alkyl halides is 1. The number of ether oxygens (including phenoxy) is 1. The van der Waals surface area contributed by atoms with E-state index in [1.54, 1.807) is 0 Å². The van der Waals surface area contributed by atoms with Crippen LogP contribution < -0.4 is 40.2 Å². The van der Waals surface area contributed by atoms with E-state index in [1.165, 1.54) is 5.38 Å². The van der Waals surface area contributed by atoms with E-state index in [2.05, 4.69) is 30.3 Å². The molecule has 0 bridgehead atoms. The third-order valence-electron chi connectivity index (χ3n) is 3.82. The Labute approximate surface area is 214 Å². The molecule has 14 nitrogen and oxygen atoms in total. The number of carbonyl (C=O) groups excluding carboxylic acids is 4. The van der Waals surface area contributed by atoms with Crippen LogP contribution in [0.25, 0.3) is 0 Å². The molecule has 3 N–H and O–H groups in total. The minimum Gasteiger partial charge on any atom is -1.00 e. The molecule has 172 valence electrons. The van der Waals surface area contributed by atoms with E-state index in [9.17, 15) is 32.1 Å². The molecule has 1 fully saturated rings. The Morgan fingerprint density at radius 2 is 2.06 bits per heavy atom. The number of halogens is 1. The molecule has 0 radical (unpaired) electrons. The van der Waals surface area contributed by atoms with Crippen molar-refractivity contribution < 1.29 is 72.7 Å². The molecule has 0 aliphatic carbocycles. The molecule has 1 aliphatic rings. The van der Waals surface area contributed by atoms with Gasteiger partial charge in [0, 0.05) is 5.38 Å². The van der Waals surface area contributed by atoms with E-state index >= 15 is 0 Å². The molecular formula is C14H17ClN5NaO9S2. The molecule has 3 amide bonds. The fourth-order valence-corrected chi connectivity index (χ4v) is 4.17. The van der Waals surface area contributed by atoms with Crippen molar-refractivity contribution in [1.82, 2.24) is 14.6 Å². The predicted molar refractivity (Wildman–Crippen MR) is 107 cm³/mol. The molecule has 1 aliphatic heterocycles. The van der Waals surface area contributed by atoms with Crippen LogP contribution in [0.15, 0.2) is 10.5 Å². The third-order valence-corrected chi connectivity index (χ3v) is 5.77. The zero-order chi connectivity index (χ0) is 23.3. The number of amides is 3. The Bertz CT molecular complexity index is 1040. The number of rotatable bonds is 9. The van der Waals surface area contributed by atoms with Crippen LogP contribution in [0.4, 0.5) is 5.13 Å². The molecule has 0 aromatic carbocycles. The predicted octanol–water partition coefficient (Wildman–Crippen LogP) is -4.15. The van der Waals surface area contributed by atoms with Crippen LogP contribution in [-0.4, -0.2) is 83.8 Å². The van der Waals surface area contributed by atoms with E-state index in [-0.39, 0.29) is 52.0 Å². The summed E-state index contributed by atoms with van der Waals surface area (Å²) in [6.45, 7) is 0. The van der Waals surface area contributed by atoms with Crippen LogP contribution in [-0.2, 0) is 39.1 Å². The first kappa shape index (κ1) is 28.2. The second-order valence-corrected chi connectivity index (χ2v) is 8.17. The zero-order valence-corrected chi connectivity index (χ0v) is 21.3. The number of nitrogens with one attached hydrogen (secondary N) is 2. The van der Waals surface area contributed by atoms with Crippen molar-refractivity contribution in [2.45, 2.75) is 18.5 Å². The molecule has 1 aromatic rings. The van der Waals surface area contributed by atoms with Gasteiger partial charge in [-0.3, -0.25) is 23.7 Å². The van der Waals surface area contributed by atoms with Crippen LogP contribution in [0.1, 0.15) is 13.5 Å². The fraction of sp³-hybridized carbons (Fsp3) is 0.429. The summed E-state index contributed by atoms with van der Waals surface area (Å²) < 4.78 is 36.5. The summed E-state index contributed by atoms with van der Waals surface area (Å²) in [5.41, 5.74) is -0.433. The second-order valence-electron chi connectivity index (χ2n) is 5.75. The molecule has 2 rings (SSSR count). The van der Waals surface area contributed by atoms with Crippen LogP contribution >= 0.6 is 22.9 Å². The molecule has 1 aromatic heterocycles. The minimum atomic E-state index is -4.97. The standard InChI is InChI=1S/C14H16ClN5O9S2.Na.H/c1-28-9(22)3-7-11(13(24)20(7)31(25,26)27)18-12(23)10(19-29-2)6-5-30-14(16-6)17-8(21)4-15;;/h5,7,11H,3-4H2,1-2H3,(H,18,23)(H,16,17,21)(H,25,26,27);;/q;+1;-1. The van der Waals surface area contributed by atoms with Gasteiger partial charge in [-0.2, -0.15) is 8.42 Å². The van der Waals surface area contributed by atoms with Crippen LogP contribution in [0.5, 0.6) is 0 Å². The Kier molecular flexibility index (Phi) is 10.5. The van der Waals surface area contributed by atoms with Gasteiger partial charge < -0.3 is 21.6 Å². The quantitative estimate of drug-likeness (QED) is 0.0546. The first-order chi connectivity index (χ1) is 14.5. The number of thiazole rings is 1. The molecular weight excluding hydrogens is 505 g/mol. The first-order valence-electron chi connectivity index (χ1n) is 8.14. The van der Waals surface area contributed by atoms with Gasteiger partial charge in [-0.1, -0.05) is 5.16 Å². The molecule has 1 saturated heterocycles. The third kappa shape index (κ3) is 6.60. The maximum Gasteiger partial charge on any atom is 1.00 e. The number of aromatic nitrogens is 1. The van der Waals surface area contributed by atoms with Crippen molar-refractivity contribution in [2.75, 3.05) is 25.4 Å². The van der Waals surface area contributed by atoms with Crippen LogP contribution in [0.3, 0.4) is 0 Å². The minimum absolute atomic E-state index is 0. The number of anilines is 1. The Morgan fingerprint density at radius 3 is 2.59 bits per heavy atom. The maximum absolute atomic E-state index is 12.7. The summed E-state index contributed by atoms with van der Waals surface area (Å²) in [6, 6.07) is -2.90. The number of hydrogen-bond acceptors (Lipinski definition) is 11. The normalized spacial score (nSPS) is 18.2. The number of carbonyl (C=O) groups is 4. The molecule has 2 heterocycles. The van der Waals surface area contributed by atoms with E-state index in [1.807, 2.05) is 0 Å². The molecule has 0 saturated carbocycles. The van der Waals surface area contributed by atoms with Crippen molar-refractivity contribution in [2.24, 2.45) is 5.16 Å². The summed E-state index contributed by atoms with van der Waals surface area (Å²) in [6.07, 6.45) is -0.616. The van der Waals surface area contributed by atoms with Gasteiger partial charge in [-0.05, 0) is 0 Å². The van der Waals surface area contributed by atoms with Gasteiger partial charge in [0.05, 0.1) is 19.6 Å². The Hall–Kier alpha value is -1.82. The Morgan fingerprint density at radius 1 is 1.41 bits per heavy atom. The van der Waals surface area contributed by atoms with Gasteiger partial charge in [0.25, 0.3) is 11.8 Å². The fourth-order valence-electron chi connectivity index (χ4n) is 2.51. The summed E-state index contributed by atoms with van der Waals surface area (Å²) in [7, 11) is -2.79. The van der Waals surface area contributed by atoms with Crippen molar-refractivity contribution in [3.63, 3.8) is 0 Å². The monoisotopic (exact) mass is 521 g/mol. The van der Waals surface area contributed by atoms with Gasteiger partial charge in [0.1, 0.15) is 24.7 Å².